The van der Waals surface area contributed by atoms with Crippen molar-refractivity contribution in [2.75, 3.05) is 30.0 Å². The predicted octanol–water partition coefficient (Wildman–Crippen LogP) is 2.82. The highest BCUT2D eigenvalue weighted by Crippen LogP contribution is 2.30. The largest absolute Gasteiger partial charge is 0.370 e. The quantitative estimate of drug-likeness (QED) is 0.907. The van der Waals surface area contributed by atoms with Gasteiger partial charge in [-0.25, -0.2) is 0 Å². The van der Waals surface area contributed by atoms with E-state index in [0.717, 1.165) is 12.5 Å². The monoisotopic (exact) mass is 264 g/mol. The molecule has 3 heteroatoms. The number of likely N-dealkylation sites (N-methyl/N-ethyl adjacent to an activating group) is 1. The van der Waals surface area contributed by atoms with Crippen LogP contribution >= 0.6 is 11.8 Å². The number of nitrogens with two attached hydrogens (primary N) is 1. The van der Waals surface area contributed by atoms with E-state index >= 15 is 0 Å². The van der Waals surface area contributed by atoms with E-state index in [0.29, 0.717) is 6.04 Å². The van der Waals surface area contributed by atoms with E-state index < -0.39 is 0 Å². The third-order valence-electron chi connectivity index (χ3n) is 3.86. The zero-order valence-electron chi connectivity index (χ0n) is 11.6. The Balaban J connectivity index is 2.19. The van der Waals surface area contributed by atoms with Crippen LogP contribution in [0.1, 0.15) is 17.5 Å². The van der Waals surface area contributed by atoms with Crippen molar-refractivity contribution in [1.82, 2.24) is 0 Å². The van der Waals surface area contributed by atoms with Gasteiger partial charge in [-0.2, -0.15) is 11.8 Å². The summed E-state index contributed by atoms with van der Waals surface area (Å²) in [7, 11) is 2.19. The second kappa shape index (κ2) is 5.98. The van der Waals surface area contributed by atoms with Crippen LogP contribution in [0.3, 0.4) is 0 Å². The van der Waals surface area contributed by atoms with Gasteiger partial charge < -0.3 is 10.6 Å². The van der Waals surface area contributed by atoms with E-state index in [-0.39, 0.29) is 0 Å². The van der Waals surface area contributed by atoms with Crippen LogP contribution in [-0.2, 0) is 0 Å². The van der Waals surface area contributed by atoms with Crippen LogP contribution in [0.15, 0.2) is 18.2 Å². The lowest BCUT2D eigenvalue weighted by molar-refractivity contribution is 0.454. The number of rotatable bonds is 4. The summed E-state index contributed by atoms with van der Waals surface area (Å²) in [6, 6.07) is 7.22. The summed E-state index contributed by atoms with van der Waals surface area (Å²) in [6.07, 6.45) is 1.31. The Hall–Kier alpha value is -0.670. The van der Waals surface area contributed by atoms with Crippen molar-refractivity contribution in [3.05, 3.63) is 29.3 Å². The van der Waals surface area contributed by atoms with Gasteiger partial charge in [0.15, 0.2) is 0 Å². The van der Waals surface area contributed by atoms with Crippen LogP contribution < -0.4 is 10.6 Å². The first-order valence-electron chi connectivity index (χ1n) is 6.70. The van der Waals surface area contributed by atoms with E-state index in [1.54, 1.807) is 0 Å². The molecule has 100 valence electrons. The molecule has 0 radical (unpaired) electrons. The van der Waals surface area contributed by atoms with Gasteiger partial charge in [-0.15, -0.1) is 0 Å². The SMILES string of the molecule is Cc1cc(C)cc(N(C)C(CN)C2CCSC2)c1. The number of nitrogens with zero attached hydrogens (tertiary/aromatic N) is 1. The summed E-state index contributed by atoms with van der Waals surface area (Å²) in [5.41, 5.74) is 9.98. The lowest BCUT2D eigenvalue weighted by Gasteiger charge is -2.33. The topological polar surface area (TPSA) is 29.3 Å². The standard InChI is InChI=1S/C15H24N2S/c1-11-6-12(2)8-14(7-11)17(3)15(9-16)13-4-5-18-10-13/h6-8,13,15H,4-5,9-10,16H2,1-3H3. The zero-order chi connectivity index (χ0) is 13.1. The molecule has 1 heterocycles. The van der Waals surface area contributed by atoms with E-state index in [1.165, 1.54) is 34.7 Å². The Morgan fingerprint density at radius 1 is 1.33 bits per heavy atom. The smallest absolute Gasteiger partial charge is 0.0445 e. The fourth-order valence-electron chi connectivity index (χ4n) is 2.87. The Morgan fingerprint density at radius 3 is 2.50 bits per heavy atom. The third kappa shape index (κ3) is 3.01. The number of hydrogen-bond acceptors (Lipinski definition) is 3. The Kier molecular flexibility index (Phi) is 4.57. The normalized spacial score (nSPS) is 21.0. The first-order valence-corrected chi connectivity index (χ1v) is 7.86. The van der Waals surface area contributed by atoms with Crippen LogP contribution in [0.2, 0.25) is 0 Å². The molecule has 0 aromatic heterocycles. The van der Waals surface area contributed by atoms with E-state index in [2.05, 4.69) is 55.8 Å². The molecular formula is C15H24N2S. The summed E-state index contributed by atoms with van der Waals surface area (Å²) in [5, 5.41) is 0. The van der Waals surface area contributed by atoms with Crippen molar-refractivity contribution in [2.45, 2.75) is 26.3 Å². The summed E-state index contributed by atoms with van der Waals surface area (Å²) >= 11 is 2.06. The Morgan fingerprint density at radius 2 is 2.00 bits per heavy atom. The molecule has 0 saturated carbocycles. The lowest BCUT2D eigenvalue weighted by Crippen LogP contribution is -2.43. The average Bonchev–Trinajstić information content (AvgIpc) is 2.82. The Labute approximate surface area is 115 Å². The second-order valence-electron chi connectivity index (χ2n) is 5.38. The minimum atomic E-state index is 0.473. The second-order valence-corrected chi connectivity index (χ2v) is 6.53. The highest BCUT2D eigenvalue weighted by molar-refractivity contribution is 7.99. The molecule has 2 rings (SSSR count). The van der Waals surface area contributed by atoms with Crippen LogP contribution in [0.5, 0.6) is 0 Å². The molecular weight excluding hydrogens is 240 g/mol. The molecule has 0 amide bonds. The summed E-state index contributed by atoms with van der Waals surface area (Å²) in [5.74, 6) is 3.30. The first kappa shape index (κ1) is 13.8. The molecule has 18 heavy (non-hydrogen) atoms. The maximum Gasteiger partial charge on any atom is 0.0445 e. The molecule has 0 bridgehead atoms. The zero-order valence-corrected chi connectivity index (χ0v) is 12.5. The van der Waals surface area contributed by atoms with Crippen LogP contribution in [0.4, 0.5) is 5.69 Å². The van der Waals surface area contributed by atoms with E-state index in [1.807, 2.05) is 0 Å². The van der Waals surface area contributed by atoms with Crippen molar-refractivity contribution in [1.29, 1.82) is 0 Å². The molecule has 1 aliphatic rings. The van der Waals surface area contributed by atoms with Crippen LogP contribution in [0.25, 0.3) is 0 Å². The van der Waals surface area contributed by atoms with Crippen molar-refractivity contribution in [2.24, 2.45) is 11.7 Å². The third-order valence-corrected chi connectivity index (χ3v) is 5.05. The lowest BCUT2D eigenvalue weighted by atomic mass is 9.97. The minimum Gasteiger partial charge on any atom is -0.370 e. The molecule has 1 aromatic carbocycles. The number of hydrogen-bond donors (Lipinski definition) is 1. The van der Waals surface area contributed by atoms with Crippen LogP contribution in [0, 0.1) is 19.8 Å². The molecule has 0 spiro atoms. The Bertz CT molecular complexity index is 379. The summed E-state index contributed by atoms with van der Waals surface area (Å²) in [4.78, 5) is 2.39. The molecule has 2 nitrogen and oxygen atoms in total. The summed E-state index contributed by atoms with van der Waals surface area (Å²) < 4.78 is 0. The van der Waals surface area contributed by atoms with Crippen molar-refractivity contribution >= 4 is 17.4 Å². The molecule has 0 aliphatic carbocycles. The van der Waals surface area contributed by atoms with Gasteiger partial charge in [0.25, 0.3) is 0 Å². The molecule has 2 unspecified atom stereocenters. The van der Waals surface area contributed by atoms with Crippen molar-refractivity contribution in [3.8, 4) is 0 Å². The molecule has 1 aromatic rings. The molecule has 2 N–H and O–H groups in total. The van der Waals surface area contributed by atoms with Gasteiger partial charge in [-0.05, 0) is 61.0 Å². The number of anilines is 1. The highest BCUT2D eigenvalue weighted by Gasteiger charge is 2.27. The number of thioether (sulfide) groups is 1. The fourth-order valence-corrected chi connectivity index (χ4v) is 4.20. The fraction of sp³-hybridized carbons (Fsp3) is 0.600. The molecule has 1 fully saturated rings. The van der Waals surface area contributed by atoms with Crippen molar-refractivity contribution in [3.63, 3.8) is 0 Å². The minimum absolute atomic E-state index is 0.473. The average molecular weight is 264 g/mol. The van der Waals surface area contributed by atoms with E-state index in [9.17, 15) is 0 Å². The van der Waals surface area contributed by atoms with Crippen molar-refractivity contribution < 1.29 is 0 Å². The van der Waals surface area contributed by atoms with Gasteiger partial charge >= 0.3 is 0 Å². The van der Waals surface area contributed by atoms with Gasteiger partial charge in [-0.3, -0.25) is 0 Å². The maximum absolute atomic E-state index is 6.02. The summed E-state index contributed by atoms with van der Waals surface area (Å²) in [6.45, 7) is 5.06. The molecule has 2 atom stereocenters. The number of benzene rings is 1. The molecule has 1 saturated heterocycles. The van der Waals surface area contributed by atoms with Gasteiger partial charge in [0.05, 0.1) is 0 Å². The van der Waals surface area contributed by atoms with Crippen LogP contribution in [-0.4, -0.2) is 31.1 Å². The molecule has 1 aliphatic heterocycles. The van der Waals surface area contributed by atoms with Gasteiger partial charge in [-0.1, -0.05) is 6.07 Å². The van der Waals surface area contributed by atoms with Gasteiger partial charge in [0, 0.05) is 25.3 Å². The maximum atomic E-state index is 6.02. The highest BCUT2D eigenvalue weighted by atomic mass is 32.2. The number of aryl methyl sites for hydroxylation is 2. The van der Waals surface area contributed by atoms with Gasteiger partial charge in [0.2, 0.25) is 0 Å². The predicted molar refractivity (Wildman–Crippen MR) is 82.6 cm³/mol. The first-order chi connectivity index (χ1) is 8.61. The van der Waals surface area contributed by atoms with Gasteiger partial charge in [0.1, 0.15) is 0 Å². The van der Waals surface area contributed by atoms with E-state index in [4.69, 9.17) is 5.73 Å².